The van der Waals surface area contributed by atoms with Crippen LogP contribution < -0.4 is 10.5 Å². The van der Waals surface area contributed by atoms with Crippen molar-refractivity contribution in [2.75, 3.05) is 0 Å². The smallest absolute Gasteiger partial charge is 0.303 e. The minimum Gasteiger partial charge on any atom is -0.481 e. The molecule has 5 heteroatoms. The Balaban J connectivity index is 1.96. The highest BCUT2D eigenvalue weighted by Crippen LogP contribution is 2.16. The van der Waals surface area contributed by atoms with E-state index in [4.69, 9.17) is 15.6 Å². The number of ether oxygens (including phenoxy) is 1. The number of carboxylic acid groups (broad SMARTS) is 1. The van der Waals surface area contributed by atoms with Crippen LogP contribution in [0.15, 0.2) is 71.5 Å². The van der Waals surface area contributed by atoms with Gasteiger partial charge >= 0.3 is 5.97 Å². The van der Waals surface area contributed by atoms with Crippen LogP contribution in [0.2, 0.25) is 0 Å². The summed E-state index contributed by atoms with van der Waals surface area (Å²) in [4.78, 5) is 14.8. The van der Waals surface area contributed by atoms with Gasteiger partial charge < -0.3 is 15.6 Å². The van der Waals surface area contributed by atoms with Gasteiger partial charge in [-0.05, 0) is 36.2 Å². The van der Waals surface area contributed by atoms with Crippen LogP contribution in [-0.2, 0) is 11.2 Å². The topological polar surface area (TPSA) is 84.9 Å². The Hall–Kier alpha value is -3.08. The Morgan fingerprint density at radius 1 is 1.13 bits per heavy atom. The normalized spacial score (nSPS) is 11.6. The van der Waals surface area contributed by atoms with Gasteiger partial charge in [0.1, 0.15) is 5.75 Å². The van der Waals surface area contributed by atoms with Crippen molar-refractivity contribution in [2.45, 2.75) is 12.8 Å². The first-order valence-corrected chi connectivity index (χ1v) is 7.17. The van der Waals surface area contributed by atoms with Gasteiger partial charge in [-0.2, -0.15) is 0 Å². The van der Waals surface area contributed by atoms with Crippen molar-refractivity contribution in [2.24, 2.45) is 10.7 Å². The number of carbonyl (C=O) groups is 1. The largest absolute Gasteiger partial charge is 0.481 e. The fourth-order valence-electron chi connectivity index (χ4n) is 1.87. The lowest BCUT2D eigenvalue weighted by atomic mass is 10.1. The minimum atomic E-state index is -0.809. The number of aliphatic carboxylic acids is 1. The summed E-state index contributed by atoms with van der Waals surface area (Å²) in [7, 11) is 0. The number of benzene rings is 2. The third-order valence-electron chi connectivity index (χ3n) is 3.05. The van der Waals surface area contributed by atoms with Crippen molar-refractivity contribution < 1.29 is 14.6 Å². The van der Waals surface area contributed by atoms with Gasteiger partial charge in [0, 0.05) is 12.6 Å². The molecule has 0 amide bonds. The number of carboxylic acids is 1. The molecule has 0 saturated carbocycles. The second-order valence-electron chi connectivity index (χ2n) is 4.80. The van der Waals surface area contributed by atoms with Crippen LogP contribution >= 0.6 is 0 Å². The van der Waals surface area contributed by atoms with Gasteiger partial charge in [0.2, 0.25) is 0 Å². The summed E-state index contributed by atoms with van der Waals surface area (Å²) in [5.74, 6) is 0.225. The van der Waals surface area contributed by atoms with Crippen LogP contribution in [0, 0.1) is 0 Å². The molecule has 2 aromatic carbocycles. The third kappa shape index (κ3) is 5.67. The molecule has 0 heterocycles. The summed E-state index contributed by atoms with van der Waals surface area (Å²) in [6.07, 6.45) is 3.49. The maximum absolute atomic E-state index is 10.6. The van der Waals surface area contributed by atoms with E-state index in [0.29, 0.717) is 17.9 Å². The summed E-state index contributed by atoms with van der Waals surface area (Å²) in [6, 6.07) is 16.7. The highest BCUT2D eigenvalue weighted by molar-refractivity contribution is 5.79. The molecule has 0 aliphatic heterocycles. The molecule has 0 aliphatic rings. The Labute approximate surface area is 134 Å². The average Bonchev–Trinajstić information content (AvgIpc) is 2.58. The summed E-state index contributed by atoms with van der Waals surface area (Å²) in [6.45, 7) is 0. The van der Waals surface area contributed by atoms with Crippen LogP contribution in [0.1, 0.15) is 12.0 Å². The number of nitrogens with zero attached hydrogens (tertiary/aromatic N) is 1. The molecule has 0 aliphatic carbocycles. The zero-order valence-corrected chi connectivity index (χ0v) is 12.6. The predicted octanol–water partition coefficient (Wildman–Crippen LogP) is 3.29. The van der Waals surface area contributed by atoms with Gasteiger partial charge in [0.25, 0.3) is 0 Å². The first-order valence-electron chi connectivity index (χ1n) is 7.17. The number of hydrogen-bond donors (Lipinski definition) is 2. The first kappa shape index (κ1) is 16.3. The van der Waals surface area contributed by atoms with Crippen molar-refractivity contribution >= 4 is 17.9 Å². The van der Waals surface area contributed by atoms with Gasteiger partial charge in [-0.25, -0.2) is 0 Å². The zero-order valence-electron chi connectivity index (χ0n) is 12.6. The second-order valence-corrected chi connectivity index (χ2v) is 4.80. The van der Waals surface area contributed by atoms with Gasteiger partial charge in [-0.3, -0.25) is 9.79 Å². The molecule has 0 bridgehead atoms. The number of rotatable bonds is 7. The summed E-state index contributed by atoms with van der Waals surface area (Å²) < 4.78 is 5.64. The van der Waals surface area contributed by atoms with E-state index in [1.807, 2.05) is 42.5 Å². The monoisotopic (exact) mass is 310 g/mol. The molecule has 0 fully saturated rings. The van der Waals surface area contributed by atoms with Crippen LogP contribution in [-0.4, -0.2) is 17.3 Å². The SMILES string of the molecule is N/C=C(/C=Nc1ccccc1)Oc1ccc(CCC(=O)O)cc1. The fraction of sp³-hybridized carbons (Fsp3) is 0.111. The van der Waals surface area contributed by atoms with E-state index in [1.54, 1.807) is 18.3 Å². The van der Waals surface area contributed by atoms with E-state index >= 15 is 0 Å². The van der Waals surface area contributed by atoms with Crippen molar-refractivity contribution in [1.29, 1.82) is 0 Å². The average molecular weight is 310 g/mol. The van der Waals surface area contributed by atoms with Gasteiger partial charge in [0.15, 0.2) is 5.76 Å². The molecule has 23 heavy (non-hydrogen) atoms. The van der Waals surface area contributed by atoms with Crippen LogP contribution in [0.25, 0.3) is 0 Å². The number of para-hydroxylation sites is 1. The number of aliphatic imine (C=N–C) groups is 1. The standard InChI is InChI=1S/C18H18N2O3/c19-12-17(13-20-15-4-2-1-3-5-15)23-16-9-6-14(7-10-16)8-11-18(21)22/h1-7,9-10,12-13H,8,11,19H2,(H,21,22)/b17-12-,20-13?. The number of aryl methyl sites for hydroxylation is 1. The van der Waals surface area contributed by atoms with Crippen molar-refractivity contribution in [3.8, 4) is 5.75 Å². The maximum Gasteiger partial charge on any atom is 0.303 e. The number of nitrogens with two attached hydrogens (primary N) is 1. The van der Waals surface area contributed by atoms with Gasteiger partial charge in [-0.15, -0.1) is 0 Å². The number of hydrogen-bond acceptors (Lipinski definition) is 4. The first-order chi connectivity index (χ1) is 11.2. The molecular formula is C18H18N2O3. The van der Waals surface area contributed by atoms with Crippen LogP contribution in [0.3, 0.4) is 0 Å². The van der Waals surface area contributed by atoms with Crippen molar-refractivity contribution in [1.82, 2.24) is 0 Å². The van der Waals surface area contributed by atoms with Crippen molar-refractivity contribution in [3.63, 3.8) is 0 Å². The predicted molar refractivity (Wildman–Crippen MR) is 89.9 cm³/mol. The summed E-state index contributed by atoms with van der Waals surface area (Å²) >= 11 is 0. The van der Waals surface area contributed by atoms with Gasteiger partial charge in [-0.1, -0.05) is 30.3 Å². The molecular weight excluding hydrogens is 292 g/mol. The van der Waals surface area contributed by atoms with E-state index < -0.39 is 5.97 Å². The maximum atomic E-state index is 10.6. The minimum absolute atomic E-state index is 0.109. The highest BCUT2D eigenvalue weighted by Gasteiger charge is 2.01. The zero-order chi connectivity index (χ0) is 16.5. The molecule has 0 radical (unpaired) electrons. The van der Waals surface area contributed by atoms with Crippen LogP contribution in [0.4, 0.5) is 5.69 Å². The Morgan fingerprint density at radius 3 is 2.43 bits per heavy atom. The lowest BCUT2D eigenvalue weighted by molar-refractivity contribution is -0.136. The molecule has 2 rings (SSSR count). The molecule has 2 aromatic rings. The van der Waals surface area contributed by atoms with E-state index in [9.17, 15) is 4.79 Å². The molecule has 0 unspecified atom stereocenters. The molecule has 0 aromatic heterocycles. The van der Waals surface area contributed by atoms with E-state index in [2.05, 4.69) is 4.99 Å². The van der Waals surface area contributed by atoms with Gasteiger partial charge in [0.05, 0.1) is 11.9 Å². The third-order valence-corrected chi connectivity index (χ3v) is 3.05. The molecule has 118 valence electrons. The summed E-state index contributed by atoms with van der Waals surface area (Å²) in [5.41, 5.74) is 7.30. The molecule has 3 N–H and O–H groups in total. The fourth-order valence-corrected chi connectivity index (χ4v) is 1.87. The van der Waals surface area contributed by atoms with E-state index in [1.165, 1.54) is 6.20 Å². The van der Waals surface area contributed by atoms with E-state index in [0.717, 1.165) is 11.3 Å². The summed E-state index contributed by atoms with van der Waals surface area (Å²) in [5, 5.41) is 8.67. The molecule has 5 nitrogen and oxygen atoms in total. The quantitative estimate of drug-likeness (QED) is 0.607. The highest BCUT2D eigenvalue weighted by atomic mass is 16.5. The Kier molecular flexibility index (Phi) is 5.94. The van der Waals surface area contributed by atoms with Crippen molar-refractivity contribution in [3.05, 3.63) is 72.1 Å². The Bertz CT molecular complexity index is 692. The van der Waals surface area contributed by atoms with E-state index in [-0.39, 0.29) is 6.42 Å². The Morgan fingerprint density at radius 2 is 1.83 bits per heavy atom. The lowest BCUT2D eigenvalue weighted by Gasteiger charge is -2.06. The second kappa shape index (κ2) is 8.38. The molecule has 0 atom stereocenters. The molecule has 0 saturated heterocycles. The van der Waals surface area contributed by atoms with Crippen LogP contribution in [0.5, 0.6) is 5.75 Å². The number of allylic oxidation sites excluding steroid dienone is 1. The lowest BCUT2D eigenvalue weighted by Crippen LogP contribution is -2.01. The molecule has 0 spiro atoms.